The number of fused-ring (bicyclic) bond motifs is 1. The van der Waals surface area contributed by atoms with Crippen LogP contribution >= 0.6 is 0 Å². The summed E-state index contributed by atoms with van der Waals surface area (Å²) in [5, 5.41) is 4.51. The van der Waals surface area contributed by atoms with Crippen LogP contribution in [0.3, 0.4) is 0 Å². The Morgan fingerprint density at radius 1 is 1.10 bits per heavy atom. The average molecular weight is 267 g/mol. The number of aryl methyl sites for hydroxylation is 3. The van der Waals surface area contributed by atoms with E-state index in [1.54, 1.807) is 7.11 Å². The highest BCUT2D eigenvalue weighted by molar-refractivity contribution is 5.39. The predicted molar refractivity (Wildman–Crippen MR) is 78.1 cm³/mol. The third kappa shape index (κ3) is 2.50. The number of nitrogens with zero attached hydrogens (tertiary/aromatic N) is 3. The van der Waals surface area contributed by atoms with Crippen molar-refractivity contribution in [2.45, 2.75) is 19.8 Å². The largest absolute Gasteiger partial charge is 0.496 e. The third-order valence-corrected chi connectivity index (χ3v) is 3.33. The van der Waals surface area contributed by atoms with E-state index in [2.05, 4.69) is 23.1 Å². The van der Waals surface area contributed by atoms with Gasteiger partial charge < -0.3 is 4.74 Å². The molecule has 3 aromatic rings. The number of para-hydroxylation sites is 1. The van der Waals surface area contributed by atoms with Gasteiger partial charge in [-0.25, -0.2) is 9.50 Å². The van der Waals surface area contributed by atoms with Crippen molar-refractivity contribution in [3.63, 3.8) is 0 Å². The number of ether oxygens (including phenoxy) is 1. The van der Waals surface area contributed by atoms with Crippen LogP contribution in [0.5, 0.6) is 5.75 Å². The molecule has 2 heterocycles. The molecule has 0 aliphatic heterocycles. The van der Waals surface area contributed by atoms with Crippen molar-refractivity contribution in [2.24, 2.45) is 0 Å². The number of pyridine rings is 1. The monoisotopic (exact) mass is 267 g/mol. The first-order chi connectivity index (χ1) is 9.76. The molecule has 0 spiro atoms. The van der Waals surface area contributed by atoms with Gasteiger partial charge in [0.1, 0.15) is 5.75 Å². The molecule has 0 unspecified atom stereocenters. The first kappa shape index (κ1) is 12.7. The zero-order valence-electron chi connectivity index (χ0n) is 11.7. The lowest BCUT2D eigenvalue weighted by Gasteiger charge is -2.06. The zero-order valence-corrected chi connectivity index (χ0v) is 11.7. The van der Waals surface area contributed by atoms with Crippen LogP contribution in [0, 0.1) is 6.92 Å². The van der Waals surface area contributed by atoms with Crippen molar-refractivity contribution < 1.29 is 4.74 Å². The fourth-order valence-electron chi connectivity index (χ4n) is 2.29. The Bertz CT molecular complexity index is 733. The summed E-state index contributed by atoms with van der Waals surface area (Å²) in [4.78, 5) is 4.54. The van der Waals surface area contributed by atoms with Crippen LogP contribution in [0.2, 0.25) is 0 Å². The minimum Gasteiger partial charge on any atom is -0.496 e. The fourth-order valence-corrected chi connectivity index (χ4v) is 2.29. The Balaban J connectivity index is 1.79. The highest BCUT2D eigenvalue weighted by Gasteiger charge is 2.06. The van der Waals surface area contributed by atoms with Gasteiger partial charge >= 0.3 is 0 Å². The molecule has 0 aliphatic rings. The van der Waals surface area contributed by atoms with E-state index in [0.29, 0.717) is 0 Å². The molecule has 0 radical (unpaired) electrons. The van der Waals surface area contributed by atoms with Gasteiger partial charge in [0.2, 0.25) is 0 Å². The number of methoxy groups -OCH3 is 1. The molecule has 102 valence electrons. The van der Waals surface area contributed by atoms with Crippen LogP contribution in [-0.4, -0.2) is 21.7 Å². The summed E-state index contributed by atoms with van der Waals surface area (Å²) in [6.45, 7) is 2.05. The minimum absolute atomic E-state index is 0.807. The fraction of sp³-hybridized carbons (Fsp3) is 0.250. The lowest BCUT2D eigenvalue weighted by atomic mass is 10.1. The van der Waals surface area contributed by atoms with E-state index >= 15 is 0 Å². The van der Waals surface area contributed by atoms with Gasteiger partial charge in [-0.1, -0.05) is 24.3 Å². The van der Waals surface area contributed by atoms with Gasteiger partial charge in [0.05, 0.1) is 7.11 Å². The SMILES string of the molecule is COc1ccccc1CCc1nc2ccc(C)cn2n1. The summed E-state index contributed by atoms with van der Waals surface area (Å²) in [5.74, 6) is 1.79. The van der Waals surface area contributed by atoms with Crippen LogP contribution in [-0.2, 0) is 12.8 Å². The molecule has 3 rings (SSSR count). The molecule has 0 saturated heterocycles. The first-order valence-corrected chi connectivity index (χ1v) is 6.70. The lowest BCUT2D eigenvalue weighted by Crippen LogP contribution is -1.97. The Labute approximate surface area is 118 Å². The number of hydrogen-bond acceptors (Lipinski definition) is 3. The second kappa shape index (κ2) is 5.33. The van der Waals surface area contributed by atoms with Crippen molar-refractivity contribution in [3.05, 3.63) is 59.5 Å². The van der Waals surface area contributed by atoms with Crippen LogP contribution < -0.4 is 4.74 Å². The van der Waals surface area contributed by atoms with Gasteiger partial charge in [-0.2, -0.15) is 5.10 Å². The predicted octanol–water partition coefficient (Wildman–Crippen LogP) is 2.83. The molecule has 1 aromatic carbocycles. The maximum atomic E-state index is 5.36. The quantitative estimate of drug-likeness (QED) is 0.729. The molecule has 2 aromatic heterocycles. The highest BCUT2D eigenvalue weighted by atomic mass is 16.5. The van der Waals surface area contributed by atoms with Gasteiger partial charge in [-0.15, -0.1) is 0 Å². The summed E-state index contributed by atoms with van der Waals surface area (Å²) in [5.41, 5.74) is 3.26. The second-order valence-corrected chi connectivity index (χ2v) is 4.85. The Kier molecular flexibility index (Phi) is 3.37. The lowest BCUT2D eigenvalue weighted by molar-refractivity contribution is 0.409. The van der Waals surface area contributed by atoms with Gasteiger partial charge in [-0.05, 0) is 36.6 Å². The number of hydrogen-bond donors (Lipinski definition) is 0. The third-order valence-electron chi connectivity index (χ3n) is 3.33. The van der Waals surface area contributed by atoms with Gasteiger partial charge in [0, 0.05) is 12.6 Å². The topological polar surface area (TPSA) is 39.4 Å². The van der Waals surface area contributed by atoms with E-state index in [4.69, 9.17) is 4.74 Å². The summed E-state index contributed by atoms with van der Waals surface area (Å²) in [6.07, 6.45) is 3.68. The molecule has 0 bridgehead atoms. The van der Waals surface area contributed by atoms with Crippen LogP contribution in [0.25, 0.3) is 5.65 Å². The maximum absolute atomic E-state index is 5.36. The van der Waals surface area contributed by atoms with E-state index < -0.39 is 0 Å². The Hall–Kier alpha value is -2.36. The van der Waals surface area contributed by atoms with E-state index in [0.717, 1.165) is 30.1 Å². The average Bonchev–Trinajstić information content (AvgIpc) is 2.87. The minimum atomic E-state index is 0.807. The van der Waals surface area contributed by atoms with Gasteiger partial charge in [-0.3, -0.25) is 0 Å². The Morgan fingerprint density at radius 3 is 2.80 bits per heavy atom. The first-order valence-electron chi connectivity index (χ1n) is 6.70. The molecule has 0 fully saturated rings. The summed E-state index contributed by atoms with van der Waals surface area (Å²) >= 11 is 0. The van der Waals surface area contributed by atoms with Crippen molar-refractivity contribution >= 4 is 5.65 Å². The molecular weight excluding hydrogens is 250 g/mol. The number of aromatic nitrogens is 3. The second-order valence-electron chi connectivity index (χ2n) is 4.85. The molecule has 0 amide bonds. The molecule has 0 aliphatic carbocycles. The Morgan fingerprint density at radius 2 is 1.95 bits per heavy atom. The van der Waals surface area contributed by atoms with Crippen LogP contribution in [0.1, 0.15) is 17.0 Å². The normalized spacial score (nSPS) is 10.9. The van der Waals surface area contributed by atoms with Crippen molar-refractivity contribution in [3.8, 4) is 5.75 Å². The van der Waals surface area contributed by atoms with Crippen molar-refractivity contribution in [1.82, 2.24) is 14.6 Å². The van der Waals surface area contributed by atoms with Gasteiger partial charge in [0.15, 0.2) is 11.5 Å². The summed E-state index contributed by atoms with van der Waals surface area (Å²) in [7, 11) is 1.70. The van der Waals surface area contributed by atoms with Crippen molar-refractivity contribution in [2.75, 3.05) is 7.11 Å². The van der Waals surface area contributed by atoms with Crippen molar-refractivity contribution in [1.29, 1.82) is 0 Å². The van der Waals surface area contributed by atoms with E-state index in [1.807, 2.05) is 41.0 Å². The molecule has 0 N–H and O–H groups in total. The van der Waals surface area contributed by atoms with Crippen LogP contribution in [0.15, 0.2) is 42.6 Å². The molecule has 4 heteroatoms. The number of rotatable bonds is 4. The summed E-state index contributed by atoms with van der Waals surface area (Å²) < 4.78 is 7.20. The molecule has 0 saturated carbocycles. The molecular formula is C16H17N3O. The zero-order chi connectivity index (χ0) is 13.9. The van der Waals surface area contributed by atoms with Crippen LogP contribution in [0.4, 0.5) is 0 Å². The molecule has 0 atom stereocenters. The molecule has 20 heavy (non-hydrogen) atoms. The van der Waals surface area contributed by atoms with E-state index in [9.17, 15) is 0 Å². The summed E-state index contributed by atoms with van der Waals surface area (Å²) in [6, 6.07) is 12.1. The number of benzene rings is 1. The van der Waals surface area contributed by atoms with E-state index in [-0.39, 0.29) is 0 Å². The highest BCUT2D eigenvalue weighted by Crippen LogP contribution is 2.19. The standard InChI is InChI=1S/C16H17N3O/c1-12-7-10-16-17-15(18-19(16)11-12)9-8-13-5-3-4-6-14(13)20-2/h3-7,10-11H,8-9H2,1-2H3. The smallest absolute Gasteiger partial charge is 0.155 e. The molecule has 4 nitrogen and oxygen atoms in total. The van der Waals surface area contributed by atoms with Gasteiger partial charge in [0.25, 0.3) is 0 Å². The van der Waals surface area contributed by atoms with E-state index in [1.165, 1.54) is 11.1 Å². The maximum Gasteiger partial charge on any atom is 0.155 e.